The molecule has 2 heterocycles. The van der Waals surface area contributed by atoms with Gasteiger partial charge in [0, 0.05) is 18.1 Å². The molecular weight excluding hydrogens is 396 g/mol. The molecule has 0 fully saturated rings. The van der Waals surface area contributed by atoms with Gasteiger partial charge in [-0.2, -0.15) is 0 Å². The van der Waals surface area contributed by atoms with Crippen LogP contribution in [0.1, 0.15) is 16.7 Å². The van der Waals surface area contributed by atoms with Gasteiger partial charge in [-0.3, -0.25) is 4.98 Å². The molecule has 30 heavy (non-hydrogen) atoms. The number of nitrogens with one attached hydrogen (secondary N) is 1. The van der Waals surface area contributed by atoms with Gasteiger partial charge in [0.1, 0.15) is 18.1 Å². The summed E-state index contributed by atoms with van der Waals surface area (Å²) in [6, 6.07) is 15.9. The van der Waals surface area contributed by atoms with Crippen molar-refractivity contribution in [3.8, 4) is 22.1 Å². The van der Waals surface area contributed by atoms with Crippen molar-refractivity contribution in [3.05, 3.63) is 77.6 Å². The number of hydrogen-bond acceptors (Lipinski definition) is 7. The van der Waals surface area contributed by atoms with Gasteiger partial charge in [-0.05, 0) is 73.0 Å². The quantitative estimate of drug-likeness (QED) is 0.424. The van der Waals surface area contributed by atoms with E-state index in [0.717, 1.165) is 38.5 Å². The molecule has 0 atom stereocenters. The van der Waals surface area contributed by atoms with Crippen molar-refractivity contribution in [2.75, 3.05) is 12.4 Å². The summed E-state index contributed by atoms with van der Waals surface area (Å²) in [7, 11) is 1.64. The van der Waals surface area contributed by atoms with Crippen LogP contribution in [0.4, 0.5) is 10.8 Å². The lowest BCUT2D eigenvalue weighted by Gasteiger charge is -2.11. The molecule has 4 aromatic rings. The van der Waals surface area contributed by atoms with Gasteiger partial charge in [-0.15, -0.1) is 10.2 Å². The number of nitrogens with zero attached hydrogens (tertiary/aromatic N) is 3. The van der Waals surface area contributed by atoms with E-state index < -0.39 is 0 Å². The SMILES string of the molecule is COc1ccc(OCc2ccncc2)c(-c2nnc(Nc3cc(C)cc(C)c3)s2)c1. The Balaban J connectivity index is 1.59. The van der Waals surface area contributed by atoms with Crippen molar-refractivity contribution < 1.29 is 9.47 Å². The number of rotatable bonds is 7. The van der Waals surface area contributed by atoms with Gasteiger partial charge in [0.2, 0.25) is 5.13 Å². The zero-order chi connectivity index (χ0) is 20.9. The third-order valence-corrected chi connectivity index (χ3v) is 5.33. The number of ether oxygens (including phenoxy) is 2. The van der Waals surface area contributed by atoms with Crippen molar-refractivity contribution in [2.24, 2.45) is 0 Å². The lowest BCUT2D eigenvalue weighted by atomic mass is 10.1. The number of pyridine rings is 1. The maximum Gasteiger partial charge on any atom is 0.210 e. The summed E-state index contributed by atoms with van der Waals surface area (Å²) < 4.78 is 11.5. The predicted molar refractivity (Wildman–Crippen MR) is 120 cm³/mol. The second-order valence-corrected chi connectivity index (χ2v) is 7.90. The second-order valence-electron chi connectivity index (χ2n) is 6.92. The van der Waals surface area contributed by atoms with Crippen LogP contribution in [0.5, 0.6) is 11.5 Å². The Kier molecular flexibility index (Phi) is 5.90. The Bertz CT molecular complexity index is 1120. The Morgan fingerprint density at radius 1 is 0.933 bits per heavy atom. The maximum atomic E-state index is 6.07. The molecule has 0 saturated carbocycles. The molecule has 0 bridgehead atoms. The molecule has 7 heteroatoms. The third kappa shape index (κ3) is 4.75. The molecule has 152 valence electrons. The monoisotopic (exact) mass is 418 g/mol. The summed E-state index contributed by atoms with van der Waals surface area (Å²) >= 11 is 1.47. The highest BCUT2D eigenvalue weighted by Gasteiger charge is 2.14. The third-order valence-electron chi connectivity index (χ3n) is 4.46. The van der Waals surface area contributed by atoms with Gasteiger partial charge in [-0.1, -0.05) is 17.4 Å². The van der Waals surface area contributed by atoms with Crippen LogP contribution in [0, 0.1) is 13.8 Å². The summed E-state index contributed by atoms with van der Waals surface area (Å²) in [6.45, 7) is 4.59. The van der Waals surface area contributed by atoms with E-state index in [2.05, 4.69) is 52.5 Å². The molecule has 0 aliphatic rings. The molecular formula is C23H22N4O2S. The largest absolute Gasteiger partial charge is 0.497 e. The minimum atomic E-state index is 0.439. The summed E-state index contributed by atoms with van der Waals surface area (Å²) in [4.78, 5) is 4.04. The van der Waals surface area contributed by atoms with Gasteiger partial charge in [0.25, 0.3) is 0 Å². The van der Waals surface area contributed by atoms with Crippen molar-refractivity contribution in [3.63, 3.8) is 0 Å². The van der Waals surface area contributed by atoms with E-state index in [9.17, 15) is 0 Å². The van der Waals surface area contributed by atoms with Gasteiger partial charge < -0.3 is 14.8 Å². The maximum absolute atomic E-state index is 6.07. The highest BCUT2D eigenvalue weighted by Crippen LogP contribution is 2.37. The molecule has 0 aliphatic heterocycles. The van der Waals surface area contributed by atoms with E-state index in [1.807, 2.05) is 30.3 Å². The predicted octanol–water partition coefficient (Wildman–Crippen LogP) is 5.55. The van der Waals surface area contributed by atoms with Crippen LogP contribution in [0.15, 0.2) is 60.9 Å². The van der Waals surface area contributed by atoms with E-state index >= 15 is 0 Å². The first kappa shape index (κ1) is 19.8. The Hall–Kier alpha value is -3.45. The minimum Gasteiger partial charge on any atom is -0.497 e. The van der Waals surface area contributed by atoms with Crippen molar-refractivity contribution in [1.82, 2.24) is 15.2 Å². The number of aryl methyl sites for hydroxylation is 2. The average Bonchev–Trinajstić information content (AvgIpc) is 3.20. The fourth-order valence-electron chi connectivity index (χ4n) is 3.12. The molecule has 1 N–H and O–H groups in total. The first-order chi connectivity index (χ1) is 14.6. The zero-order valence-electron chi connectivity index (χ0n) is 17.0. The summed E-state index contributed by atoms with van der Waals surface area (Å²) in [5, 5.41) is 13.5. The molecule has 0 aliphatic carbocycles. The van der Waals surface area contributed by atoms with E-state index in [0.29, 0.717) is 6.61 Å². The van der Waals surface area contributed by atoms with Gasteiger partial charge in [-0.25, -0.2) is 0 Å². The van der Waals surface area contributed by atoms with Gasteiger partial charge >= 0.3 is 0 Å². The Labute approximate surface area is 179 Å². The molecule has 2 aromatic carbocycles. The average molecular weight is 419 g/mol. The first-order valence-electron chi connectivity index (χ1n) is 9.49. The summed E-state index contributed by atoms with van der Waals surface area (Å²) in [6.07, 6.45) is 3.51. The molecule has 0 amide bonds. The molecule has 0 unspecified atom stereocenters. The van der Waals surface area contributed by atoms with Crippen molar-refractivity contribution >= 4 is 22.2 Å². The molecule has 0 spiro atoms. The normalized spacial score (nSPS) is 10.6. The lowest BCUT2D eigenvalue weighted by Crippen LogP contribution is -1.97. The van der Waals surface area contributed by atoms with Gasteiger partial charge in [0.15, 0.2) is 5.01 Å². The molecule has 0 saturated heterocycles. The van der Waals surface area contributed by atoms with E-state index in [4.69, 9.17) is 9.47 Å². The van der Waals surface area contributed by atoms with Crippen LogP contribution in [-0.4, -0.2) is 22.3 Å². The van der Waals surface area contributed by atoms with Crippen LogP contribution < -0.4 is 14.8 Å². The number of aromatic nitrogens is 3. The molecule has 0 radical (unpaired) electrons. The van der Waals surface area contributed by atoms with E-state index in [1.165, 1.54) is 22.5 Å². The second kappa shape index (κ2) is 8.92. The summed E-state index contributed by atoms with van der Waals surface area (Å²) in [5.74, 6) is 1.46. The summed E-state index contributed by atoms with van der Waals surface area (Å²) in [5.41, 5.74) is 5.27. The smallest absolute Gasteiger partial charge is 0.210 e. The van der Waals surface area contributed by atoms with Crippen LogP contribution in [0.25, 0.3) is 10.6 Å². The fraction of sp³-hybridized carbons (Fsp3) is 0.174. The molecule has 4 rings (SSSR count). The number of anilines is 2. The molecule has 2 aromatic heterocycles. The Morgan fingerprint density at radius 2 is 1.70 bits per heavy atom. The van der Waals surface area contributed by atoms with E-state index in [1.54, 1.807) is 19.5 Å². The van der Waals surface area contributed by atoms with Crippen LogP contribution >= 0.6 is 11.3 Å². The number of benzene rings is 2. The van der Waals surface area contributed by atoms with Crippen LogP contribution in [0.2, 0.25) is 0 Å². The zero-order valence-corrected chi connectivity index (χ0v) is 17.9. The molecule has 6 nitrogen and oxygen atoms in total. The number of hydrogen-bond donors (Lipinski definition) is 1. The Morgan fingerprint density at radius 3 is 2.43 bits per heavy atom. The topological polar surface area (TPSA) is 69.2 Å². The van der Waals surface area contributed by atoms with Gasteiger partial charge in [0.05, 0.1) is 12.7 Å². The fourth-order valence-corrected chi connectivity index (χ4v) is 3.91. The van der Waals surface area contributed by atoms with Crippen molar-refractivity contribution in [1.29, 1.82) is 0 Å². The minimum absolute atomic E-state index is 0.439. The lowest BCUT2D eigenvalue weighted by molar-refractivity contribution is 0.306. The van der Waals surface area contributed by atoms with Crippen LogP contribution in [0.3, 0.4) is 0 Å². The first-order valence-corrected chi connectivity index (χ1v) is 10.3. The highest BCUT2D eigenvalue weighted by atomic mass is 32.1. The standard InChI is InChI=1S/C23H22N4O2S/c1-15-10-16(2)12-18(11-15)25-23-27-26-22(30-23)20-13-19(28-3)4-5-21(20)29-14-17-6-8-24-9-7-17/h4-13H,14H2,1-3H3,(H,25,27). The number of methoxy groups -OCH3 is 1. The highest BCUT2D eigenvalue weighted by molar-refractivity contribution is 7.18. The van der Waals surface area contributed by atoms with Crippen molar-refractivity contribution in [2.45, 2.75) is 20.5 Å². The van der Waals surface area contributed by atoms with Crippen LogP contribution in [-0.2, 0) is 6.61 Å². The van der Waals surface area contributed by atoms with E-state index in [-0.39, 0.29) is 0 Å².